The maximum Gasteiger partial charge on any atom is 0.310 e. The summed E-state index contributed by atoms with van der Waals surface area (Å²) in [5.74, 6) is 0.302. The Morgan fingerprint density at radius 3 is 2.38 bits per heavy atom. The third-order valence-electron chi connectivity index (χ3n) is 4.04. The number of methoxy groups -OCH3 is 1. The second-order valence-corrected chi connectivity index (χ2v) is 5.91. The highest BCUT2D eigenvalue weighted by Crippen LogP contribution is 2.25. The molecule has 1 aromatic rings. The minimum atomic E-state index is -0.337. The first-order valence-corrected chi connectivity index (χ1v) is 8.98. The quantitative estimate of drug-likeness (QED) is 0.315. The molecule has 4 nitrogen and oxygen atoms in total. The molecule has 0 aliphatic rings. The zero-order chi connectivity index (χ0) is 17.8. The van der Waals surface area contributed by atoms with Crippen molar-refractivity contribution in [2.45, 2.75) is 65.2 Å². The molecule has 0 N–H and O–H groups in total. The van der Waals surface area contributed by atoms with E-state index in [9.17, 15) is 9.59 Å². The van der Waals surface area contributed by atoms with Gasteiger partial charge in [0.05, 0.1) is 20.1 Å². The lowest BCUT2D eigenvalue weighted by Crippen LogP contribution is -2.13. The Balaban J connectivity index is 2.71. The van der Waals surface area contributed by atoms with Crippen LogP contribution in [0.1, 0.15) is 74.7 Å². The summed E-state index contributed by atoms with van der Waals surface area (Å²) in [6.07, 6.45) is 7.42. The van der Waals surface area contributed by atoms with Gasteiger partial charge in [0.15, 0.2) is 5.78 Å². The van der Waals surface area contributed by atoms with E-state index >= 15 is 0 Å². The summed E-state index contributed by atoms with van der Waals surface area (Å²) >= 11 is 0. The first-order chi connectivity index (χ1) is 11.6. The van der Waals surface area contributed by atoms with Gasteiger partial charge in [-0.05, 0) is 19.4 Å². The number of hydrogen-bond acceptors (Lipinski definition) is 4. The zero-order valence-corrected chi connectivity index (χ0v) is 15.2. The molecule has 0 unspecified atom stereocenters. The maximum absolute atomic E-state index is 12.6. The van der Waals surface area contributed by atoms with Crippen molar-refractivity contribution in [2.75, 3.05) is 13.7 Å². The number of ketones is 1. The fourth-order valence-electron chi connectivity index (χ4n) is 2.76. The molecule has 0 atom stereocenters. The van der Waals surface area contributed by atoms with E-state index in [0.717, 1.165) is 12.8 Å². The van der Waals surface area contributed by atoms with Gasteiger partial charge in [-0.15, -0.1) is 0 Å². The summed E-state index contributed by atoms with van der Waals surface area (Å²) < 4.78 is 10.3. The Morgan fingerprint density at radius 1 is 1.00 bits per heavy atom. The van der Waals surface area contributed by atoms with Gasteiger partial charge in [0.1, 0.15) is 5.75 Å². The lowest BCUT2D eigenvalue weighted by Gasteiger charge is -2.13. The molecule has 134 valence electrons. The number of esters is 1. The molecule has 0 heterocycles. The number of carbonyl (C=O) groups excluding carboxylic acids is 2. The molecule has 0 aliphatic carbocycles. The van der Waals surface area contributed by atoms with E-state index in [0.29, 0.717) is 29.9 Å². The number of hydrogen-bond donors (Lipinski definition) is 0. The molecule has 0 spiro atoms. The lowest BCUT2D eigenvalue weighted by atomic mass is 9.96. The van der Waals surface area contributed by atoms with Crippen molar-refractivity contribution in [3.05, 3.63) is 29.3 Å². The Kier molecular flexibility index (Phi) is 9.81. The zero-order valence-electron chi connectivity index (χ0n) is 15.2. The fourth-order valence-corrected chi connectivity index (χ4v) is 2.76. The summed E-state index contributed by atoms with van der Waals surface area (Å²) in [6, 6.07) is 5.34. The third kappa shape index (κ3) is 6.73. The molecule has 0 saturated heterocycles. The normalized spacial score (nSPS) is 10.5. The standard InChI is InChI=1S/C20H30O4/c1-4-6-7-8-9-10-13-18(21)16-12-11-14-19(23-3)17(16)15-20(22)24-5-2/h11-12,14H,4-10,13,15H2,1-3H3. The topological polar surface area (TPSA) is 52.6 Å². The van der Waals surface area contributed by atoms with Gasteiger partial charge in [-0.1, -0.05) is 51.2 Å². The van der Waals surface area contributed by atoms with Gasteiger partial charge >= 0.3 is 5.97 Å². The summed E-state index contributed by atoms with van der Waals surface area (Å²) in [7, 11) is 1.55. The van der Waals surface area contributed by atoms with E-state index < -0.39 is 0 Å². The van der Waals surface area contributed by atoms with Crippen LogP contribution in [0.2, 0.25) is 0 Å². The third-order valence-corrected chi connectivity index (χ3v) is 4.04. The van der Waals surface area contributed by atoms with Crippen molar-refractivity contribution in [1.29, 1.82) is 0 Å². The number of ether oxygens (including phenoxy) is 2. The van der Waals surface area contributed by atoms with Gasteiger partial charge in [0, 0.05) is 17.5 Å². The molecule has 0 aliphatic heterocycles. The van der Waals surface area contributed by atoms with Crippen LogP contribution < -0.4 is 4.74 Å². The van der Waals surface area contributed by atoms with Crippen molar-refractivity contribution in [1.82, 2.24) is 0 Å². The number of rotatable bonds is 12. The number of benzene rings is 1. The number of Topliss-reactive ketones (excluding diaryl/α,β-unsaturated/α-hetero) is 1. The predicted octanol–water partition coefficient (Wildman–Crippen LogP) is 4.73. The molecule has 0 amide bonds. The van der Waals surface area contributed by atoms with Crippen LogP contribution in [0.3, 0.4) is 0 Å². The molecular formula is C20H30O4. The van der Waals surface area contributed by atoms with Crippen molar-refractivity contribution in [3.63, 3.8) is 0 Å². The Labute approximate surface area is 145 Å². The maximum atomic E-state index is 12.6. The van der Waals surface area contributed by atoms with E-state index in [2.05, 4.69) is 6.92 Å². The molecule has 0 radical (unpaired) electrons. The van der Waals surface area contributed by atoms with Crippen LogP contribution in [0.5, 0.6) is 5.75 Å². The van der Waals surface area contributed by atoms with Crippen molar-refractivity contribution >= 4 is 11.8 Å². The number of carbonyl (C=O) groups is 2. The lowest BCUT2D eigenvalue weighted by molar-refractivity contribution is -0.142. The minimum absolute atomic E-state index is 0.0649. The minimum Gasteiger partial charge on any atom is -0.496 e. The van der Waals surface area contributed by atoms with E-state index in [4.69, 9.17) is 9.47 Å². The van der Waals surface area contributed by atoms with Crippen LogP contribution in [0.15, 0.2) is 18.2 Å². The molecule has 0 bridgehead atoms. The largest absolute Gasteiger partial charge is 0.496 e. The van der Waals surface area contributed by atoms with Crippen LogP contribution >= 0.6 is 0 Å². The van der Waals surface area contributed by atoms with Crippen molar-refractivity contribution in [2.24, 2.45) is 0 Å². The molecule has 24 heavy (non-hydrogen) atoms. The Morgan fingerprint density at radius 2 is 1.71 bits per heavy atom. The number of unbranched alkanes of at least 4 members (excludes halogenated alkanes) is 5. The first-order valence-electron chi connectivity index (χ1n) is 8.98. The Bertz CT molecular complexity index is 522. The van der Waals surface area contributed by atoms with Gasteiger partial charge in [0.25, 0.3) is 0 Å². The molecule has 0 saturated carbocycles. The van der Waals surface area contributed by atoms with Gasteiger partial charge in [-0.3, -0.25) is 9.59 Å². The average molecular weight is 334 g/mol. The molecule has 0 aromatic heterocycles. The van der Waals surface area contributed by atoms with Crippen LogP contribution in [0.4, 0.5) is 0 Å². The summed E-state index contributed by atoms with van der Waals surface area (Å²) in [6.45, 7) is 4.29. The van der Waals surface area contributed by atoms with Gasteiger partial charge in [-0.25, -0.2) is 0 Å². The molecule has 1 aromatic carbocycles. The first kappa shape index (κ1) is 20.2. The average Bonchev–Trinajstić information content (AvgIpc) is 2.58. The Hall–Kier alpha value is -1.84. The second kappa shape index (κ2) is 11.7. The monoisotopic (exact) mass is 334 g/mol. The highest BCUT2D eigenvalue weighted by Gasteiger charge is 2.18. The molecule has 0 fully saturated rings. The highest BCUT2D eigenvalue weighted by molar-refractivity contribution is 5.99. The fraction of sp³-hybridized carbons (Fsp3) is 0.600. The van der Waals surface area contributed by atoms with Gasteiger partial charge < -0.3 is 9.47 Å². The van der Waals surface area contributed by atoms with Crippen LogP contribution in [0, 0.1) is 0 Å². The van der Waals surface area contributed by atoms with E-state index in [-0.39, 0.29) is 18.2 Å². The van der Waals surface area contributed by atoms with E-state index in [1.807, 2.05) is 0 Å². The summed E-state index contributed by atoms with van der Waals surface area (Å²) in [5, 5.41) is 0. The van der Waals surface area contributed by atoms with Crippen molar-refractivity contribution < 1.29 is 19.1 Å². The molecule has 4 heteroatoms. The van der Waals surface area contributed by atoms with Gasteiger partial charge in [-0.2, -0.15) is 0 Å². The van der Waals surface area contributed by atoms with E-state index in [1.54, 1.807) is 32.2 Å². The van der Waals surface area contributed by atoms with Crippen LogP contribution in [-0.2, 0) is 16.0 Å². The highest BCUT2D eigenvalue weighted by atomic mass is 16.5. The van der Waals surface area contributed by atoms with Gasteiger partial charge in [0.2, 0.25) is 0 Å². The SMILES string of the molecule is CCCCCCCCC(=O)c1cccc(OC)c1CC(=O)OCC. The second-order valence-electron chi connectivity index (χ2n) is 5.91. The smallest absolute Gasteiger partial charge is 0.310 e. The summed E-state index contributed by atoms with van der Waals surface area (Å²) in [4.78, 5) is 24.4. The molecule has 1 rings (SSSR count). The molecular weight excluding hydrogens is 304 g/mol. The predicted molar refractivity (Wildman–Crippen MR) is 95.7 cm³/mol. The van der Waals surface area contributed by atoms with Crippen LogP contribution in [0.25, 0.3) is 0 Å². The van der Waals surface area contributed by atoms with E-state index in [1.165, 1.54) is 25.7 Å². The van der Waals surface area contributed by atoms with Crippen LogP contribution in [-0.4, -0.2) is 25.5 Å². The van der Waals surface area contributed by atoms with Crippen molar-refractivity contribution in [3.8, 4) is 5.75 Å². The summed E-state index contributed by atoms with van der Waals surface area (Å²) in [5.41, 5.74) is 1.21.